The van der Waals surface area contributed by atoms with Crippen LogP contribution in [-0.4, -0.2) is 18.0 Å². The molecule has 1 saturated carbocycles. The molecule has 3 nitrogen and oxygen atoms in total. The Morgan fingerprint density at radius 2 is 2.00 bits per heavy atom. The Morgan fingerprint density at radius 3 is 2.50 bits per heavy atom. The smallest absolute Gasteiger partial charge is 0.237 e. The predicted octanol–water partition coefficient (Wildman–Crippen LogP) is 2.61. The molecule has 1 aliphatic rings. The lowest BCUT2D eigenvalue weighted by Crippen LogP contribution is -2.47. The molecule has 18 heavy (non-hydrogen) atoms. The maximum Gasteiger partial charge on any atom is 0.237 e. The van der Waals surface area contributed by atoms with Crippen molar-refractivity contribution in [2.75, 3.05) is 0 Å². The normalized spacial score (nSPS) is 20.4. The Balaban J connectivity index is 2.41. The van der Waals surface area contributed by atoms with Gasteiger partial charge in [0.1, 0.15) is 0 Å². The summed E-state index contributed by atoms with van der Waals surface area (Å²) in [6.07, 6.45) is 9.45. The predicted molar refractivity (Wildman–Crippen MR) is 76.1 cm³/mol. The van der Waals surface area contributed by atoms with Crippen LogP contribution in [0.25, 0.3) is 0 Å². The summed E-state index contributed by atoms with van der Waals surface area (Å²) >= 11 is 0. The van der Waals surface area contributed by atoms with Gasteiger partial charge in [0.15, 0.2) is 0 Å². The van der Waals surface area contributed by atoms with E-state index in [1.807, 2.05) is 19.9 Å². The Labute approximate surface area is 111 Å². The fourth-order valence-corrected chi connectivity index (χ4v) is 2.58. The Bertz CT molecular complexity index is 270. The first-order valence-corrected chi connectivity index (χ1v) is 7.23. The van der Waals surface area contributed by atoms with Crippen LogP contribution in [0.1, 0.15) is 52.4 Å². The topological polar surface area (TPSA) is 55.1 Å². The molecule has 0 aliphatic heterocycles. The minimum atomic E-state index is -0.418. The van der Waals surface area contributed by atoms with E-state index in [4.69, 9.17) is 5.73 Å². The van der Waals surface area contributed by atoms with Crippen molar-refractivity contribution in [2.45, 2.75) is 64.5 Å². The molecule has 1 rings (SSSR count). The molecular weight excluding hydrogens is 224 g/mol. The lowest BCUT2D eigenvalue weighted by molar-refractivity contribution is -0.123. The number of nitrogens with two attached hydrogens (primary N) is 1. The molecule has 0 aromatic heterocycles. The van der Waals surface area contributed by atoms with E-state index < -0.39 is 6.04 Å². The summed E-state index contributed by atoms with van der Waals surface area (Å²) in [4.78, 5) is 11.9. The zero-order chi connectivity index (χ0) is 13.5. The van der Waals surface area contributed by atoms with Gasteiger partial charge >= 0.3 is 0 Å². The number of hydrogen-bond donors (Lipinski definition) is 2. The second kappa shape index (κ2) is 7.57. The van der Waals surface area contributed by atoms with Gasteiger partial charge in [-0.15, -0.1) is 6.58 Å². The summed E-state index contributed by atoms with van der Waals surface area (Å²) in [5.74, 6) is 0.855. The number of rotatable bonds is 6. The van der Waals surface area contributed by atoms with Crippen LogP contribution in [0.15, 0.2) is 12.7 Å². The minimum Gasteiger partial charge on any atom is -0.349 e. The van der Waals surface area contributed by atoms with Gasteiger partial charge in [0.05, 0.1) is 6.04 Å². The summed E-state index contributed by atoms with van der Waals surface area (Å²) in [6.45, 7) is 7.76. The molecule has 104 valence electrons. The molecule has 3 heteroatoms. The first-order valence-electron chi connectivity index (χ1n) is 7.23. The van der Waals surface area contributed by atoms with Crippen LogP contribution in [0.4, 0.5) is 0 Å². The minimum absolute atomic E-state index is 0.0503. The molecule has 1 fully saturated rings. The van der Waals surface area contributed by atoms with Gasteiger partial charge in [0.25, 0.3) is 0 Å². The van der Waals surface area contributed by atoms with E-state index in [2.05, 4.69) is 11.9 Å². The summed E-state index contributed by atoms with van der Waals surface area (Å²) in [5.41, 5.74) is 5.85. The highest BCUT2D eigenvalue weighted by molar-refractivity contribution is 5.82. The third kappa shape index (κ3) is 4.81. The standard InChI is InChI=1S/C15H28N2O/c1-4-13(10-12-8-6-5-7-9-12)17-15(18)14(16)11(2)3/h4,11-14H,1,5-10,16H2,2-3H3,(H,17,18)/t13?,14-/m0/s1. The molecule has 0 heterocycles. The lowest BCUT2D eigenvalue weighted by Gasteiger charge is -2.26. The maximum absolute atomic E-state index is 11.9. The van der Waals surface area contributed by atoms with Crippen LogP contribution in [0.2, 0.25) is 0 Å². The number of nitrogens with one attached hydrogen (secondary N) is 1. The molecule has 2 atom stereocenters. The number of carbonyl (C=O) groups excluding carboxylic acids is 1. The second-order valence-corrected chi connectivity index (χ2v) is 5.86. The number of hydrogen-bond acceptors (Lipinski definition) is 2. The van der Waals surface area contributed by atoms with E-state index in [0.29, 0.717) is 0 Å². The summed E-state index contributed by atoms with van der Waals surface area (Å²) in [6, 6.07) is -0.343. The summed E-state index contributed by atoms with van der Waals surface area (Å²) in [5, 5.41) is 3.01. The highest BCUT2D eigenvalue weighted by atomic mass is 16.2. The van der Waals surface area contributed by atoms with Crippen molar-refractivity contribution in [3.05, 3.63) is 12.7 Å². The summed E-state index contributed by atoms with van der Waals surface area (Å²) in [7, 11) is 0. The van der Waals surface area contributed by atoms with Crippen molar-refractivity contribution >= 4 is 5.91 Å². The van der Waals surface area contributed by atoms with E-state index in [1.165, 1.54) is 32.1 Å². The van der Waals surface area contributed by atoms with E-state index >= 15 is 0 Å². The van der Waals surface area contributed by atoms with E-state index in [1.54, 1.807) is 0 Å². The maximum atomic E-state index is 11.9. The van der Waals surface area contributed by atoms with Crippen molar-refractivity contribution in [2.24, 2.45) is 17.6 Å². The second-order valence-electron chi connectivity index (χ2n) is 5.86. The third-order valence-electron chi connectivity index (χ3n) is 3.95. The van der Waals surface area contributed by atoms with Gasteiger partial charge in [-0.1, -0.05) is 52.0 Å². The van der Waals surface area contributed by atoms with Gasteiger partial charge in [-0.3, -0.25) is 4.79 Å². The monoisotopic (exact) mass is 252 g/mol. The molecular formula is C15H28N2O. The average molecular weight is 252 g/mol. The third-order valence-corrected chi connectivity index (χ3v) is 3.95. The van der Waals surface area contributed by atoms with Crippen LogP contribution in [0, 0.1) is 11.8 Å². The van der Waals surface area contributed by atoms with Gasteiger partial charge < -0.3 is 11.1 Å². The molecule has 1 unspecified atom stereocenters. The Kier molecular flexibility index (Phi) is 6.41. The number of carbonyl (C=O) groups is 1. The van der Waals surface area contributed by atoms with Gasteiger partial charge in [0.2, 0.25) is 5.91 Å². The largest absolute Gasteiger partial charge is 0.349 e. The van der Waals surface area contributed by atoms with Gasteiger partial charge in [-0.25, -0.2) is 0 Å². The van der Waals surface area contributed by atoms with Crippen molar-refractivity contribution in [1.82, 2.24) is 5.32 Å². The van der Waals surface area contributed by atoms with Crippen LogP contribution in [0.5, 0.6) is 0 Å². The van der Waals surface area contributed by atoms with Crippen molar-refractivity contribution < 1.29 is 4.79 Å². The van der Waals surface area contributed by atoms with Crippen LogP contribution < -0.4 is 11.1 Å². The lowest BCUT2D eigenvalue weighted by atomic mass is 9.84. The fourth-order valence-electron chi connectivity index (χ4n) is 2.58. The molecule has 0 spiro atoms. The van der Waals surface area contributed by atoms with Crippen LogP contribution >= 0.6 is 0 Å². The zero-order valence-electron chi connectivity index (χ0n) is 11.8. The van der Waals surface area contributed by atoms with E-state index in [9.17, 15) is 4.79 Å². The van der Waals surface area contributed by atoms with E-state index in [0.717, 1.165) is 12.3 Å². The van der Waals surface area contributed by atoms with Crippen molar-refractivity contribution in [3.8, 4) is 0 Å². The molecule has 0 saturated heterocycles. The molecule has 0 aromatic rings. The SMILES string of the molecule is C=CC(CC1CCCCC1)NC(=O)[C@@H](N)C(C)C. The molecule has 0 radical (unpaired) electrons. The first-order chi connectivity index (χ1) is 8.54. The quantitative estimate of drug-likeness (QED) is 0.714. The molecule has 0 aromatic carbocycles. The molecule has 1 aliphatic carbocycles. The highest BCUT2D eigenvalue weighted by Gasteiger charge is 2.22. The fraction of sp³-hybridized carbons (Fsp3) is 0.800. The van der Waals surface area contributed by atoms with Gasteiger partial charge in [-0.05, 0) is 18.3 Å². The van der Waals surface area contributed by atoms with Crippen LogP contribution in [0.3, 0.4) is 0 Å². The summed E-state index contributed by atoms with van der Waals surface area (Å²) < 4.78 is 0. The Morgan fingerprint density at radius 1 is 1.39 bits per heavy atom. The van der Waals surface area contributed by atoms with E-state index in [-0.39, 0.29) is 17.9 Å². The molecule has 1 amide bonds. The molecule has 3 N–H and O–H groups in total. The van der Waals surface area contributed by atoms with Crippen molar-refractivity contribution in [3.63, 3.8) is 0 Å². The first kappa shape index (κ1) is 15.2. The number of amides is 1. The van der Waals surface area contributed by atoms with Crippen molar-refractivity contribution in [1.29, 1.82) is 0 Å². The van der Waals surface area contributed by atoms with Crippen LogP contribution in [-0.2, 0) is 4.79 Å². The average Bonchev–Trinajstić information content (AvgIpc) is 2.37. The van der Waals surface area contributed by atoms with Gasteiger partial charge in [0, 0.05) is 6.04 Å². The highest BCUT2D eigenvalue weighted by Crippen LogP contribution is 2.27. The molecule has 0 bridgehead atoms. The van der Waals surface area contributed by atoms with Gasteiger partial charge in [-0.2, -0.15) is 0 Å². The zero-order valence-corrected chi connectivity index (χ0v) is 11.8. The Hall–Kier alpha value is -0.830.